The standard InChI is InChI=1S/C20H34N4O3/c1-16(27-18-9-7-6-8-17(18)25-5)14-22-19(21-4)23-15-20(2,3)24-10-12-26-13-11-24/h6-9,16H,10-15H2,1-5H3,(H2,21,22,23). The second-order valence-corrected chi connectivity index (χ2v) is 7.30. The smallest absolute Gasteiger partial charge is 0.191 e. The number of nitrogens with zero attached hydrogens (tertiary/aromatic N) is 2. The Kier molecular flexibility index (Phi) is 8.19. The van der Waals surface area contributed by atoms with Gasteiger partial charge in [0.1, 0.15) is 6.10 Å². The average molecular weight is 379 g/mol. The van der Waals surface area contributed by atoms with Gasteiger partial charge in [0.05, 0.1) is 26.9 Å². The fourth-order valence-electron chi connectivity index (χ4n) is 3.02. The maximum Gasteiger partial charge on any atom is 0.191 e. The van der Waals surface area contributed by atoms with Crippen molar-refractivity contribution in [2.45, 2.75) is 32.4 Å². The number of para-hydroxylation sites is 2. The lowest BCUT2D eigenvalue weighted by Gasteiger charge is -2.41. The van der Waals surface area contributed by atoms with E-state index in [4.69, 9.17) is 14.2 Å². The molecule has 1 heterocycles. The molecule has 0 saturated carbocycles. The first-order valence-electron chi connectivity index (χ1n) is 9.53. The maximum absolute atomic E-state index is 5.98. The van der Waals surface area contributed by atoms with Gasteiger partial charge < -0.3 is 24.8 Å². The largest absolute Gasteiger partial charge is 0.493 e. The number of guanidine groups is 1. The third-order valence-corrected chi connectivity index (χ3v) is 4.73. The number of morpholine rings is 1. The molecule has 0 bridgehead atoms. The van der Waals surface area contributed by atoms with E-state index in [0.29, 0.717) is 6.54 Å². The van der Waals surface area contributed by atoms with Crippen molar-refractivity contribution in [1.29, 1.82) is 0 Å². The van der Waals surface area contributed by atoms with Crippen LogP contribution in [0, 0.1) is 0 Å². The zero-order valence-corrected chi connectivity index (χ0v) is 17.2. The molecule has 2 N–H and O–H groups in total. The molecule has 2 rings (SSSR count). The van der Waals surface area contributed by atoms with Crippen molar-refractivity contribution < 1.29 is 14.2 Å². The van der Waals surface area contributed by atoms with Crippen LogP contribution < -0.4 is 20.1 Å². The summed E-state index contributed by atoms with van der Waals surface area (Å²) in [5, 5.41) is 6.76. The molecule has 1 aliphatic rings. The molecule has 1 aromatic carbocycles. The molecule has 1 aliphatic heterocycles. The monoisotopic (exact) mass is 378 g/mol. The van der Waals surface area contributed by atoms with Gasteiger partial charge in [0, 0.05) is 32.2 Å². The van der Waals surface area contributed by atoms with Crippen molar-refractivity contribution in [3.05, 3.63) is 24.3 Å². The summed E-state index contributed by atoms with van der Waals surface area (Å²) < 4.78 is 16.8. The highest BCUT2D eigenvalue weighted by molar-refractivity contribution is 5.79. The van der Waals surface area contributed by atoms with E-state index >= 15 is 0 Å². The van der Waals surface area contributed by atoms with E-state index in [1.165, 1.54) is 0 Å². The second kappa shape index (κ2) is 10.4. The minimum Gasteiger partial charge on any atom is -0.493 e. The number of rotatable bonds is 8. The molecule has 1 aromatic rings. The van der Waals surface area contributed by atoms with E-state index in [2.05, 4.69) is 34.4 Å². The van der Waals surface area contributed by atoms with Crippen LogP contribution in [0.5, 0.6) is 11.5 Å². The zero-order chi connectivity index (χ0) is 19.7. The Hall–Kier alpha value is -1.99. The molecule has 0 aromatic heterocycles. The van der Waals surface area contributed by atoms with Gasteiger partial charge in [-0.3, -0.25) is 9.89 Å². The molecule has 7 nitrogen and oxygen atoms in total. The highest BCUT2D eigenvalue weighted by Crippen LogP contribution is 2.26. The Bertz CT molecular complexity index is 601. The molecule has 1 saturated heterocycles. The predicted molar refractivity (Wildman–Crippen MR) is 109 cm³/mol. The number of ether oxygens (including phenoxy) is 3. The van der Waals surface area contributed by atoms with Gasteiger partial charge in [0.25, 0.3) is 0 Å². The summed E-state index contributed by atoms with van der Waals surface area (Å²) in [6, 6.07) is 7.67. The van der Waals surface area contributed by atoms with Crippen LogP contribution in [-0.2, 0) is 4.74 Å². The van der Waals surface area contributed by atoms with Gasteiger partial charge in [0.15, 0.2) is 17.5 Å². The Labute approximate surface area is 163 Å². The van der Waals surface area contributed by atoms with E-state index in [0.717, 1.165) is 50.3 Å². The fraction of sp³-hybridized carbons (Fsp3) is 0.650. The molecule has 0 aliphatic carbocycles. The number of aliphatic imine (C=N–C) groups is 1. The van der Waals surface area contributed by atoms with Crippen molar-refractivity contribution in [2.75, 3.05) is 53.6 Å². The van der Waals surface area contributed by atoms with Crippen molar-refractivity contribution in [1.82, 2.24) is 15.5 Å². The summed E-state index contributed by atoms with van der Waals surface area (Å²) >= 11 is 0. The first-order chi connectivity index (χ1) is 13.0. The summed E-state index contributed by atoms with van der Waals surface area (Å²) in [6.07, 6.45) is -0.0351. The number of nitrogens with one attached hydrogen (secondary N) is 2. The third-order valence-electron chi connectivity index (χ3n) is 4.73. The summed E-state index contributed by atoms with van der Waals surface area (Å²) in [5.41, 5.74) is 0.0287. The zero-order valence-electron chi connectivity index (χ0n) is 17.2. The number of hydrogen-bond acceptors (Lipinski definition) is 5. The molecular formula is C20H34N4O3. The van der Waals surface area contributed by atoms with Gasteiger partial charge in [-0.25, -0.2) is 0 Å². The van der Waals surface area contributed by atoms with Crippen LogP contribution in [0.3, 0.4) is 0 Å². The van der Waals surface area contributed by atoms with Crippen LogP contribution in [0.2, 0.25) is 0 Å². The quantitative estimate of drug-likeness (QED) is 0.531. The van der Waals surface area contributed by atoms with Crippen molar-refractivity contribution in [2.24, 2.45) is 4.99 Å². The molecule has 0 radical (unpaired) electrons. The molecule has 0 spiro atoms. The lowest BCUT2D eigenvalue weighted by Crippen LogP contribution is -2.56. The highest BCUT2D eigenvalue weighted by Gasteiger charge is 2.28. The van der Waals surface area contributed by atoms with Crippen LogP contribution in [0.1, 0.15) is 20.8 Å². The molecule has 152 valence electrons. The first-order valence-corrected chi connectivity index (χ1v) is 9.53. The van der Waals surface area contributed by atoms with Gasteiger partial charge in [-0.15, -0.1) is 0 Å². The molecule has 1 atom stereocenters. The summed E-state index contributed by atoms with van der Waals surface area (Å²) in [5.74, 6) is 2.25. The molecule has 27 heavy (non-hydrogen) atoms. The topological polar surface area (TPSA) is 67.4 Å². The van der Waals surface area contributed by atoms with Gasteiger partial charge >= 0.3 is 0 Å². The lowest BCUT2D eigenvalue weighted by molar-refractivity contribution is -0.00834. The molecule has 1 fully saturated rings. The van der Waals surface area contributed by atoms with E-state index in [-0.39, 0.29) is 11.6 Å². The number of hydrogen-bond donors (Lipinski definition) is 2. The summed E-state index contributed by atoms with van der Waals surface area (Å²) in [7, 11) is 3.43. The Morgan fingerprint density at radius 1 is 1.22 bits per heavy atom. The van der Waals surface area contributed by atoms with Crippen LogP contribution in [0.4, 0.5) is 0 Å². The molecule has 0 amide bonds. The van der Waals surface area contributed by atoms with Crippen molar-refractivity contribution >= 4 is 5.96 Å². The van der Waals surface area contributed by atoms with Crippen LogP contribution in [0.25, 0.3) is 0 Å². The normalized spacial score (nSPS) is 17.3. The van der Waals surface area contributed by atoms with E-state index in [1.54, 1.807) is 14.2 Å². The van der Waals surface area contributed by atoms with Crippen molar-refractivity contribution in [3.63, 3.8) is 0 Å². The Balaban J connectivity index is 1.79. The minimum atomic E-state index is -0.0351. The van der Waals surface area contributed by atoms with Gasteiger partial charge in [0.2, 0.25) is 0 Å². The maximum atomic E-state index is 5.98. The van der Waals surface area contributed by atoms with Gasteiger partial charge in [-0.1, -0.05) is 12.1 Å². The first kappa shape index (κ1) is 21.3. The van der Waals surface area contributed by atoms with E-state index in [1.807, 2.05) is 31.2 Å². The van der Waals surface area contributed by atoms with Crippen LogP contribution >= 0.6 is 0 Å². The van der Waals surface area contributed by atoms with Crippen LogP contribution in [0.15, 0.2) is 29.3 Å². The average Bonchev–Trinajstić information content (AvgIpc) is 2.69. The van der Waals surface area contributed by atoms with Gasteiger partial charge in [-0.05, 0) is 32.9 Å². The fourth-order valence-corrected chi connectivity index (χ4v) is 3.02. The Morgan fingerprint density at radius 3 is 2.52 bits per heavy atom. The minimum absolute atomic E-state index is 0.0287. The number of benzene rings is 1. The SMILES string of the molecule is CN=C(NCC(C)Oc1ccccc1OC)NCC(C)(C)N1CCOCC1. The molecule has 1 unspecified atom stereocenters. The summed E-state index contributed by atoms with van der Waals surface area (Å²) in [4.78, 5) is 6.77. The summed E-state index contributed by atoms with van der Waals surface area (Å²) in [6.45, 7) is 11.5. The third kappa shape index (κ3) is 6.59. The predicted octanol–water partition coefficient (Wildman–Crippen LogP) is 1.74. The van der Waals surface area contributed by atoms with Crippen molar-refractivity contribution in [3.8, 4) is 11.5 Å². The van der Waals surface area contributed by atoms with Gasteiger partial charge in [-0.2, -0.15) is 0 Å². The van der Waals surface area contributed by atoms with E-state index in [9.17, 15) is 0 Å². The van der Waals surface area contributed by atoms with Crippen LogP contribution in [-0.4, -0.2) is 76.1 Å². The molecular weight excluding hydrogens is 344 g/mol. The Morgan fingerprint density at radius 2 is 1.89 bits per heavy atom. The van der Waals surface area contributed by atoms with E-state index < -0.39 is 0 Å². The lowest BCUT2D eigenvalue weighted by atomic mass is 10.0. The molecule has 7 heteroatoms. The highest BCUT2D eigenvalue weighted by atomic mass is 16.5. The second-order valence-electron chi connectivity index (χ2n) is 7.30. The number of methoxy groups -OCH3 is 1.